The van der Waals surface area contributed by atoms with Gasteiger partial charge in [-0.1, -0.05) is 59.2 Å². The molecule has 0 saturated carbocycles. The lowest BCUT2D eigenvalue weighted by Crippen LogP contribution is -2.46. The van der Waals surface area contributed by atoms with E-state index in [2.05, 4.69) is 67.0 Å². The minimum Gasteiger partial charge on any atom is -0.497 e. The lowest BCUT2D eigenvalue weighted by atomic mass is 9.74. The molecule has 5 rings (SSSR count). The fourth-order valence-electron chi connectivity index (χ4n) is 6.00. The van der Waals surface area contributed by atoms with Crippen LogP contribution in [0.15, 0.2) is 60.7 Å². The number of carbonyl (C=O) groups is 1. The number of methoxy groups -OCH3 is 1. The molecule has 2 aliphatic rings. The Morgan fingerprint density at radius 2 is 1.54 bits per heavy atom. The SMILES string of the molecule is COc1ccc(CC(=O)N2CC3(CCN(Cc4cc(C)cc(C)c4)CC3)c3cc(C)ccc32)cc1. The molecule has 0 aliphatic carbocycles. The minimum atomic E-state index is 0.0515. The first-order valence-corrected chi connectivity index (χ1v) is 12.7. The fourth-order valence-corrected chi connectivity index (χ4v) is 6.00. The Morgan fingerprint density at radius 3 is 2.20 bits per heavy atom. The van der Waals surface area contributed by atoms with E-state index in [-0.39, 0.29) is 11.3 Å². The minimum absolute atomic E-state index is 0.0515. The van der Waals surface area contributed by atoms with Gasteiger partial charge in [-0.2, -0.15) is 0 Å². The first-order chi connectivity index (χ1) is 16.8. The van der Waals surface area contributed by atoms with E-state index in [9.17, 15) is 4.79 Å². The lowest BCUT2D eigenvalue weighted by Gasteiger charge is -2.40. The summed E-state index contributed by atoms with van der Waals surface area (Å²) < 4.78 is 5.27. The molecule has 2 aliphatic heterocycles. The fraction of sp³-hybridized carbons (Fsp3) is 0.387. The Balaban J connectivity index is 1.33. The number of nitrogens with zero attached hydrogens (tertiary/aromatic N) is 2. The monoisotopic (exact) mass is 468 g/mol. The van der Waals surface area contributed by atoms with Crippen LogP contribution in [0, 0.1) is 20.8 Å². The molecule has 3 aromatic carbocycles. The summed E-state index contributed by atoms with van der Waals surface area (Å²) in [6.45, 7) is 10.4. The van der Waals surface area contributed by atoms with Crippen molar-refractivity contribution in [2.75, 3.05) is 31.6 Å². The van der Waals surface area contributed by atoms with Crippen LogP contribution < -0.4 is 9.64 Å². The van der Waals surface area contributed by atoms with Crippen LogP contribution in [0.25, 0.3) is 0 Å². The van der Waals surface area contributed by atoms with Crippen LogP contribution in [0.2, 0.25) is 0 Å². The van der Waals surface area contributed by atoms with Gasteiger partial charge in [0.2, 0.25) is 5.91 Å². The van der Waals surface area contributed by atoms with Crippen LogP contribution in [-0.2, 0) is 23.2 Å². The Labute approximate surface area is 209 Å². The highest BCUT2D eigenvalue weighted by Gasteiger charge is 2.46. The van der Waals surface area contributed by atoms with Crippen molar-refractivity contribution in [3.05, 3.63) is 94.0 Å². The van der Waals surface area contributed by atoms with Gasteiger partial charge in [0.1, 0.15) is 5.75 Å². The zero-order valence-corrected chi connectivity index (χ0v) is 21.4. The van der Waals surface area contributed by atoms with Crippen molar-refractivity contribution in [2.24, 2.45) is 0 Å². The number of piperidine rings is 1. The molecule has 0 unspecified atom stereocenters. The number of ether oxygens (including phenoxy) is 1. The molecule has 182 valence electrons. The first-order valence-electron chi connectivity index (χ1n) is 12.7. The molecular formula is C31H36N2O2. The molecule has 3 aromatic rings. The van der Waals surface area contributed by atoms with E-state index in [0.717, 1.165) is 56.0 Å². The van der Waals surface area contributed by atoms with Gasteiger partial charge in [-0.05, 0) is 81.6 Å². The van der Waals surface area contributed by atoms with Gasteiger partial charge in [-0.25, -0.2) is 0 Å². The molecule has 0 atom stereocenters. The van der Waals surface area contributed by atoms with Crippen LogP contribution in [0.3, 0.4) is 0 Å². The molecule has 4 heteroatoms. The number of hydrogen-bond acceptors (Lipinski definition) is 3. The second-order valence-corrected chi connectivity index (χ2v) is 10.6. The molecular weight excluding hydrogens is 432 g/mol. The predicted octanol–water partition coefficient (Wildman–Crippen LogP) is 5.74. The summed E-state index contributed by atoms with van der Waals surface area (Å²) in [5, 5.41) is 0. The van der Waals surface area contributed by atoms with E-state index in [1.807, 2.05) is 24.3 Å². The van der Waals surface area contributed by atoms with Gasteiger partial charge in [0, 0.05) is 24.2 Å². The molecule has 0 aromatic heterocycles. The van der Waals surface area contributed by atoms with Crippen molar-refractivity contribution in [1.82, 2.24) is 4.90 Å². The molecule has 1 fully saturated rings. The first kappa shape index (κ1) is 23.6. The second-order valence-electron chi connectivity index (χ2n) is 10.6. The Kier molecular flexibility index (Phi) is 6.41. The predicted molar refractivity (Wildman–Crippen MR) is 142 cm³/mol. The highest BCUT2D eigenvalue weighted by Crippen LogP contribution is 2.47. The van der Waals surface area contributed by atoms with Crippen molar-refractivity contribution in [1.29, 1.82) is 0 Å². The van der Waals surface area contributed by atoms with Gasteiger partial charge in [-0.3, -0.25) is 9.69 Å². The van der Waals surface area contributed by atoms with Gasteiger partial charge in [0.05, 0.1) is 13.5 Å². The highest BCUT2D eigenvalue weighted by molar-refractivity contribution is 5.97. The molecule has 35 heavy (non-hydrogen) atoms. The van der Waals surface area contributed by atoms with Crippen molar-refractivity contribution in [3.63, 3.8) is 0 Å². The van der Waals surface area contributed by atoms with E-state index in [4.69, 9.17) is 4.74 Å². The Morgan fingerprint density at radius 1 is 0.857 bits per heavy atom. The normalized spacial score (nSPS) is 17.0. The van der Waals surface area contributed by atoms with Crippen LogP contribution in [0.4, 0.5) is 5.69 Å². The number of rotatable bonds is 5. The Hall–Kier alpha value is -3.11. The van der Waals surface area contributed by atoms with Crippen LogP contribution in [-0.4, -0.2) is 37.6 Å². The van der Waals surface area contributed by atoms with Gasteiger partial charge >= 0.3 is 0 Å². The van der Waals surface area contributed by atoms with Crippen LogP contribution >= 0.6 is 0 Å². The molecule has 1 spiro atoms. The quantitative estimate of drug-likeness (QED) is 0.478. The summed E-state index contributed by atoms with van der Waals surface area (Å²) in [5.41, 5.74) is 8.88. The van der Waals surface area contributed by atoms with Crippen molar-refractivity contribution in [2.45, 2.75) is 52.0 Å². The van der Waals surface area contributed by atoms with Gasteiger partial charge < -0.3 is 9.64 Å². The van der Waals surface area contributed by atoms with Gasteiger partial charge in [-0.15, -0.1) is 0 Å². The van der Waals surface area contributed by atoms with E-state index in [1.54, 1.807) is 7.11 Å². The van der Waals surface area contributed by atoms with E-state index < -0.39 is 0 Å². The second kappa shape index (κ2) is 9.50. The third-order valence-corrected chi connectivity index (χ3v) is 7.79. The third-order valence-electron chi connectivity index (χ3n) is 7.79. The number of benzene rings is 3. The van der Waals surface area contributed by atoms with Crippen LogP contribution in [0.5, 0.6) is 5.75 Å². The molecule has 0 radical (unpaired) electrons. The van der Waals surface area contributed by atoms with Crippen LogP contribution in [0.1, 0.15) is 46.2 Å². The van der Waals surface area contributed by atoms with Crippen molar-refractivity contribution < 1.29 is 9.53 Å². The number of amides is 1. The number of fused-ring (bicyclic) bond motifs is 2. The topological polar surface area (TPSA) is 32.8 Å². The molecule has 4 nitrogen and oxygen atoms in total. The maximum Gasteiger partial charge on any atom is 0.231 e. The summed E-state index contributed by atoms with van der Waals surface area (Å²) in [5.74, 6) is 0.990. The number of likely N-dealkylation sites (tertiary alicyclic amines) is 1. The van der Waals surface area contributed by atoms with Gasteiger partial charge in [0.25, 0.3) is 0 Å². The van der Waals surface area contributed by atoms with E-state index in [0.29, 0.717) is 6.42 Å². The Bertz CT molecular complexity index is 1200. The summed E-state index contributed by atoms with van der Waals surface area (Å²) >= 11 is 0. The number of aryl methyl sites for hydroxylation is 3. The van der Waals surface area contributed by atoms with Gasteiger partial charge in [0.15, 0.2) is 0 Å². The van der Waals surface area contributed by atoms with Crippen molar-refractivity contribution >= 4 is 11.6 Å². The largest absolute Gasteiger partial charge is 0.497 e. The highest BCUT2D eigenvalue weighted by atomic mass is 16.5. The molecule has 2 heterocycles. The summed E-state index contributed by atoms with van der Waals surface area (Å²) in [7, 11) is 1.66. The van der Waals surface area contributed by atoms with Crippen molar-refractivity contribution in [3.8, 4) is 5.75 Å². The summed E-state index contributed by atoms with van der Waals surface area (Å²) in [4.78, 5) is 18.1. The van der Waals surface area contributed by atoms with E-state index in [1.165, 1.54) is 27.8 Å². The smallest absolute Gasteiger partial charge is 0.231 e. The lowest BCUT2D eigenvalue weighted by molar-refractivity contribution is -0.118. The number of anilines is 1. The zero-order chi connectivity index (χ0) is 24.6. The maximum atomic E-state index is 13.5. The van der Waals surface area contributed by atoms with E-state index >= 15 is 0 Å². The third kappa shape index (κ3) is 4.85. The average Bonchev–Trinajstić information content (AvgIpc) is 3.14. The molecule has 1 amide bonds. The summed E-state index contributed by atoms with van der Waals surface area (Å²) in [6, 6.07) is 21.3. The average molecular weight is 469 g/mol. The standard InChI is InChI=1S/C31H36N2O2/c1-22-5-10-29-28(18-22)31(21-33(29)30(34)19-25-6-8-27(35-4)9-7-25)11-13-32(14-12-31)20-26-16-23(2)15-24(3)17-26/h5-10,15-18H,11-14,19-21H2,1-4H3. The molecule has 0 N–H and O–H groups in total. The zero-order valence-electron chi connectivity index (χ0n) is 21.4. The number of carbonyl (C=O) groups excluding carboxylic acids is 1. The maximum absolute atomic E-state index is 13.5. The molecule has 1 saturated heterocycles. The number of hydrogen-bond donors (Lipinski definition) is 0. The summed E-state index contributed by atoms with van der Waals surface area (Å²) in [6.07, 6.45) is 2.58. The molecule has 0 bridgehead atoms.